The molecule has 0 saturated carbocycles. The molecule has 4 heteroatoms. The number of carbonyl (C=O) groups excluding carboxylic acids is 2. The zero-order valence-electron chi connectivity index (χ0n) is 10.7. The Balaban J connectivity index is 2.39. The molecular formula is C14H18NO3. The van der Waals surface area contributed by atoms with Gasteiger partial charge in [-0.1, -0.05) is 50.6 Å². The van der Waals surface area contributed by atoms with Gasteiger partial charge in [0.15, 0.2) is 0 Å². The summed E-state index contributed by atoms with van der Waals surface area (Å²) in [6.45, 7) is 4.03. The van der Waals surface area contributed by atoms with Crippen molar-refractivity contribution in [2.75, 3.05) is 0 Å². The predicted octanol–water partition coefficient (Wildman–Crippen LogP) is 2.44. The van der Waals surface area contributed by atoms with E-state index in [9.17, 15) is 9.59 Å². The maximum atomic E-state index is 11.5. The molecule has 0 saturated heterocycles. The van der Waals surface area contributed by atoms with Crippen molar-refractivity contribution in [3.05, 3.63) is 35.9 Å². The lowest BCUT2D eigenvalue weighted by molar-refractivity contribution is 0.135. The predicted molar refractivity (Wildman–Crippen MR) is 68.7 cm³/mol. The molecule has 97 valence electrons. The van der Waals surface area contributed by atoms with Crippen LogP contribution in [0.1, 0.15) is 25.8 Å². The minimum atomic E-state index is -0.613. The Hall–Kier alpha value is -1.84. The van der Waals surface area contributed by atoms with Gasteiger partial charge in [-0.2, -0.15) is 0 Å². The van der Waals surface area contributed by atoms with Gasteiger partial charge in [-0.05, 0) is 11.5 Å². The molecular weight excluding hydrogens is 230 g/mol. The van der Waals surface area contributed by atoms with E-state index in [4.69, 9.17) is 4.74 Å². The molecule has 4 nitrogen and oxygen atoms in total. The van der Waals surface area contributed by atoms with Crippen molar-refractivity contribution in [3.63, 3.8) is 0 Å². The topological polar surface area (TPSA) is 55.4 Å². The number of hydrogen-bond acceptors (Lipinski definition) is 3. The van der Waals surface area contributed by atoms with Gasteiger partial charge in [-0.15, -0.1) is 0 Å². The molecule has 2 atom stereocenters. The monoisotopic (exact) mass is 248 g/mol. The van der Waals surface area contributed by atoms with Crippen molar-refractivity contribution < 1.29 is 14.3 Å². The molecule has 0 fully saturated rings. The number of nitrogens with one attached hydrogen (secondary N) is 1. The van der Waals surface area contributed by atoms with Crippen LogP contribution in [-0.2, 0) is 16.1 Å². The maximum Gasteiger partial charge on any atom is 0.408 e. The van der Waals surface area contributed by atoms with Gasteiger partial charge >= 0.3 is 6.09 Å². The number of carbonyl (C=O) groups is 1. The molecule has 0 bridgehead atoms. The molecule has 1 aromatic carbocycles. The number of hydrogen-bond donors (Lipinski definition) is 1. The minimum Gasteiger partial charge on any atom is -0.445 e. The fraction of sp³-hybridized carbons (Fsp3) is 0.429. The fourth-order valence-corrected chi connectivity index (χ4v) is 1.42. The third-order valence-electron chi connectivity index (χ3n) is 2.83. The molecule has 0 aliphatic heterocycles. The average molecular weight is 248 g/mol. The lowest BCUT2D eigenvalue weighted by Crippen LogP contribution is -2.40. The Labute approximate surface area is 107 Å². The van der Waals surface area contributed by atoms with E-state index in [1.54, 1.807) is 0 Å². The Kier molecular flexibility index (Phi) is 5.91. The van der Waals surface area contributed by atoms with Crippen LogP contribution in [0.2, 0.25) is 0 Å². The first-order chi connectivity index (χ1) is 8.67. The molecule has 1 radical (unpaired) electrons. The van der Waals surface area contributed by atoms with Crippen molar-refractivity contribution >= 4 is 12.4 Å². The summed E-state index contributed by atoms with van der Waals surface area (Å²) in [6, 6.07) is 8.76. The molecule has 1 aromatic rings. The lowest BCUT2D eigenvalue weighted by Gasteiger charge is -2.17. The second-order valence-electron chi connectivity index (χ2n) is 4.19. The van der Waals surface area contributed by atoms with Crippen LogP contribution < -0.4 is 5.32 Å². The largest absolute Gasteiger partial charge is 0.445 e. The molecule has 18 heavy (non-hydrogen) atoms. The van der Waals surface area contributed by atoms with Gasteiger partial charge in [0, 0.05) is 0 Å². The highest BCUT2D eigenvalue weighted by Gasteiger charge is 2.18. The van der Waals surface area contributed by atoms with Gasteiger partial charge in [0.05, 0.1) is 0 Å². The van der Waals surface area contributed by atoms with Crippen molar-refractivity contribution in [1.82, 2.24) is 5.32 Å². The van der Waals surface area contributed by atoms with Gasteiger partial charge in [0.2, 0.25) is 6.29 Å². The first-order valence-corrected chi connectivity index (χ1v) is 6.02. The van der Waals surface area contributed by atoms with E-state index in [2.05, 4.69) is 5.32 Å². The van der Waals surface area contributed by atoms with Crippen molar-refractivity contribution in [2.24, 2.45) is 5.92 Å². The van der Waals surface area contributed by atoms with Crippen LogP contribution >= 0.6 is 0 Å². The highest BCUT2D eigenvalue weighted by atomic mass is 16.5. The standard InChI is InChI=1S/C14H18NO3/c1-3-11(2)13(9-16)15-14(17)18-10-12-7-5-4-6-8-12/h4-8,11,13H,3,10H2,1-2H3,(H,15,17). The SMILES string of the molecule is CCC(C)C([C]=O)NC(=O)OCc1ccccc1. The summed E-state index contributed by atoms with van der Waals surface area (Å²) in [5.41, 5.74) is 0.905. The van der Waals surface area contributed by atoms with Crippen molar-refractivity contribution in [2.45, 2.75) is 32.9 Å². The molecule has 0 heterocycles. The second-order valence-corrected chi connectivity index (χ2v) is 4.19. The quantitative estimate of drug-likeness (QED) is 0.841. The molecule has 1 N–H and O–H groups in total. The maximum absolute atomic E-state index is 11.5. The normalized spacial score (nSPS) is 13.4. The van der Waals surface area contributed by atoms with Gasteiger partial charge < -0.3 is 10.1 Å². The minimum absolute atomic E-state index is 0.0479. The summed E-state index contributed by atoms with van der Waals surface area (Å²) in [5.74, 6) is 0.0479. The van der Waals surface area contributed by atoms with E-state index in [-0.39, 0.29) is 12.5 Å². The van der Waals surface area contributed by atoms with Crippen LogP contribution in [0.5, 0.6) is 0 Å². The van der Waals surface area contributed by atoms with Gasteiger partial charge in [0.25, 0.3) is 0 Å². The Morgan fingerprint density at radius 2 is 2.06 bits per heavy atom. The van der Waals surface area contributed by atoms with Gasteiger partial charge in [-0.3, -0.25) is 4.79 Å². The zero-order valence-corrected chi connectivity index (χ0v) is 10.7. The third-order valence-corrected chi connectivity index (χ3v) is 2.83. The summed E-state index contributed by atoms with van der Waals surface area (Å²) in [7, 11) is 0. The number of alkyl carbamates (subject to hydrolysis) is 1. The van der Waals surface area contributed by atoms with Crippen LogP contribution in [0.3, 0.4) is 0 Å². The first kappa shape index (κ1) is 14.2. The molecule has 0 aliphatic carbocycles. The molecule has 0 aliphatic rings. The summed E-state index contributed by atoms with van der Waals surface area (Å²) >= 11 is 0. The van der Waals surface area contributed by atoms with E-state index in [1.807, 2.05) is 50.5 Å². The second kappa shape index (κ2) is 7.48. The molecule has 0 aromatic heterocycles. The van der Waals surface area contributed by atoms with Crippen LogP contribution in [0.25, 0.3) is 0 Å². The highest BCUT2D eigenvalue weighted by Crippen LogP contribution is 2.06. The first-order valence-electron chi connectivity index (χ1n) is 6.02. The van der Waals surface area contributed by atoms with Crippen LogP contribution in [0.15, 0.2) is 30.3 Å². The molecule has 2 unspecified atom stereocenters. The molecule has 1 rings (SSSR count). The van der Waals surface area contributed by atoms with E-state index in [0.29, 0.717) is 0 Å². The lowest BCUT2D eigenvalue weighted by atomic mass is 10.0. The number of amides is 1. The summed E-state index contributed by atoms with van der Waals surface area (Å²) in [6.07, 6.45) is 2.02. The Morgan fingerprint density at radius 3 is 2.61 bits per heavy atom. The van der Waals surface area contributed by atoms with Crippen molar-refractivity contribution in [1.29, 1.82) is 0 Å². The number of rotatable bonds is 6. The Bertz CT molecular complexity index is 378. The summed E-state index contributed by atoms with van der Waals surface area (Å²) in [5, 5.41) is 2.50. The van der Waals surface area contributed by atoms with Gasteiger partial charge in [0.1, 0.15) is 12.6 Å². The average Bonchev–Trinajstić information content (AvgIpc) is 2.42. The van der Waals surface area contributed by atoms with E-state index in [1.165, 1.54) is 0 Å². The van der Waals surface area contributed by atoms with Crippen molar-refractivity contribution in [3.8, 4) is 0 Å². The number of ether oxygens (including phenoxy) is 1. The highest BCUT2D eigenvalue weighted by molar-refractivity contribution is 5.73. The summed E-state index contributed by atoms with van der Waals surface area (Å²) in [4.78, 5) is 22.2. The van der Waals surface area contributed by atoms with Gasteiger partial charge in [-0.25, -0.2) is 4.79 Å². The van der Waals surface area contributed by atoms with E-state index >= 15 is 0 Å². The van der Waals surface area contributed by atoms with Crippen LogP contribution in [0.4, 0.5) is 4.79 Å². The van der Waals surface area contributed by atoms with Crippen LogP contribution in [-0.4, -0.2) is 18.4 Å². The smallest absolute Gasteiger partial charge is 0.408 e. The zero-order chi connectivity index (χ0) is 13.4. The fourth-order valence-electron chi connectivity index (χ4n) is 1.42. The summed E-state index contributed by atoms with van der Waals surface area (Å²) < 4.78 is 5.03. The molecule has 1 amide bonds. The Morgan fingerprint density at radius 1 is 1.39 bits per heavy atom. The van der Waals surface area contributed by atoms with Crippen LogP contribution in [0, 0.1) is 5.92 Å². The van der Waals surface area contributed by atoms with E-state index in [0.717, 1.165) is 12.0 Å². The number of benzene rings is 1. The molecule has 0 spiro atoms. The van der Waals surface area contributed by atoms with E-state index < -0.39 is 12.1 Å². The third kappa shape index (κ3) is 4.57.